The summed E-state index contributed by atoms with van der Waals surface area (Å²) in [4.78, 5) is 15.6. The normalized spacial score (nSPS) is 11.4. The predicted molar refractivity (Wildman–Crippen MR) is 91.1 cm³/mol. The summed E-state index contributed by atoms with van der Waals surface area (Å²) in [6.45, 7) is 4.29. The number of oxazole rings is 1. The molecule has 0 amide bonds. The first kappa shape index (κ1) is 17.9. The fraction of sp³-hybridized carbons (Fsp3) is 0.235. The average Bonchev–Trinajstić information content (AvgIpc) is 2.91. The first-order valence-corrected chi connectivity index (χ1v) is 7.72. The zero-order valence-corrected chi connectivity index (χ0v) is 14.1. The molecule has 1 aromatic heterocycles. The van der Waals surface area contributed by atoms with Crippen LogP contribution in [-0.2, 0) is 6.42 Å². The van der Waals surface area contributed by atoms with Gasteiger partial charge in [0.15, 0.2) is 17.9 Å². The molecule has 24 heavy (non-hydrogen) atoms. The number of allylic oxidation sites excluding steroid dienone is 1. The van der Waals surface area contributed by atoms with E-state index in [2.05, 4.69) is 10.3 Å². The minimum absolute atomic E-state index is 0.114. The molecule has 0 saturated heterocycles. The summed E-state index contributed by atoms with van der Waals surface area (Å²) >= 11 is 5.82. The van der Waals surface area contributed by atoms with E-state index in [4.69, 9.17) is 21.4 Å². The number of rotatable bonds is 7. The van der Waals surface area contributed by atoms with Crippen molar-refractivity contribution in [3.8, 4) is 11.3 Å². The van der Waals surface area contributed by atoms with E-state index in [1.54, 1.807) is 13.1 Å². The third-order valence-electron chi connectivity index (χ3n) is 3.31. The molecule has 2 N–H and O–H groups in total. The van der Waals surface area contributed by atoms with Gasteiger partial charge in [-0.15, -0.1) is 0 Å². The quantitative estimate of drug-likeness (QED) is 0.587. The van der Waals surface area contributed by atoms with Crippen LogP contribution in [0, 0.1) is 18.2 Å². The Balaban J connectivity index is 2.48. The molecule has 2 rings (SSSR count). The van der Waals surface area contributed by atoms with Gasteiger partial charge in [0.05, 0.1) is 5.69 Å². The van der Waals surface area contributed by atoms with Crippen LogP contribution in [0.25, 0.3) is 11.3 Å². The van der Waals surface area contributed by atoms with Gasteiger partial charge in [0.1, 0.15) is 11.0 Å². The van der Waals surface area contributed by atoms with Crippen LogP contribution < -0.4 is 5.32 Å². The number of aromatic nitrogens is 1. The Morgan fingerprint density at radius 1 is 1.50 bits per heavy atom. The number of carbonyl (C=O) groups is 1. The predicted octanol–water partition coefficient (Wildman–Crippen LogP) is 3.85. The fourth-order valence-electron chi connectivity index (χ4n) is 2.24. The van der Waals surface area contributed by atoms with Crippen LogP contribution in [0.4, 0.5) is 4.39 Å². The smallest absolute Gasteiger partial charge is 0.192 e. The number of aldehydes is 1. The first-order valence-electron chi connectivity index (χ1n) is 7.34. The molecule has 1 aromatic carbocycles. The molecule has 0 aliphatic carbocycles. The van der Waals surface area contributed by atoms with Crippen LogP contribution in [-0.4, -0.2) is 23.0 Å². The summed E-state index contributed by atoms with van der Waals surface area (Å²) < 4.78 is 19.0. The lowest BCUT2D eigenvalue weighted by molar-refractivity contribution is 0.112. The van der Waals surface area contributed by atoms with Gasteiger partial charge in [0, 0.05) is 42.8 Å². The topological polar surface area (TPSA) is 79.0 Å². The molecule has 0 spiro atoms. The zero-order chi connectivity index (χ0) is 17.7. The summed E-state index contributed by atoms with van der Waals surface area (Å²) in [6.07, 6.45) is 2.46. The number of carbonyl (C=O) groups excluding carboxylic acids is 1. The van der Waals surface area contributed by atoms with Gasteiger partial charge < -0.3 is 9.73 Å². The molecule has 0 atom stereocenters. The van der Waals surface area contributed by atoms with Crippen LogP contribution in [0.1, 0.15) is 28.9 Å². The number of nitrogens with one attached hydrogen (secondary N) is 2. The third-order valence-corrected chi connectivity index (χ3v) is 3.55. The molecule has 5 nitrogen and oxygen atoms in total. The number of halogens is 2. The standard InChI is InChI=1S/C17H17ClFN3O2/c1-3-21-8-11(17(18)20)7-15-16(24-10(2)22-15)14-5-4-13(19)6-12(14)9-23/h4-6,8-9,20-21H,3,7H2,1-2H3/b11-8-,20-17?. The molecule has 0 radical (unpaired) electrons. The van der Waals surface area contributed by atoms with E-state index >= 15 is 0 Å². The van der Waals surface area contributed by atoms with E-state index in [0.717, 1.165) is 6.07 Å². The molecule has 126 valence electrons. The van der Waals surface area contributed by atoms with Crippen LogP contribution in [0.15, 0.2) is 34.4 Å². The molecule has 0 aliphatic rings. The van der Waals surface area contributed by atoms with Gasteiger partial charge in [0.2, 0.25) is 0 Å². The lowest BCUT2D eigenvalue weighted by Crippen LogP contribution is -2.09. The zero-order valence-electron chi connectivity index (χ0n) is 13.3. The lowest BCUT2D eigenvalue weighted by Gasteiger charge is -2.07. The molecule has 0 saturated carbocycles. The number of hydrogen-bond acceptors (Lipinski definition) is 5. The van der Waals surface area contributed by atoms with Gasteiger partial charge in [-0.3, -0.25) is 10.2 Å². The van der Waals surface area contributed by atoms with Gasteiger partial charge in [0.25, 0.3) is 0 Å². The van der Waals surface area contributed by atoms with Crippen molar-refractivity contribution in [2.45, 2.75) is 20.3 Å². The van der Waals surface area contributed by atoms with Crippen LogP contribution >= 0.6 is 11.6 Å². The van der Waals surface area contributed by atoms with Crippen molar-refractivity contribution in [2.75, 3.05) is 6.54 Å². The molecular formula is C17H17ClFN3O2. The molecule has 0 aliphatic heterocycles. The second kappa shape index (κ2) is 7.88. The van der Waals surface area contributed by atoms with E-state index in [9.17, 15) is 9.18 Å². The van der Waals surface area contributed by atoms with Crippen LogP contribution in [0.3, 0.4) is 0 Å². The molecule has 0 unspecified atom stereocenters. The molecular weight excluding hydrogens is 333 g/mol. The molecule has 0 bridgehead atoms. The second-order valence-corrected chi connectivity index (χ2v) is 5.45. The Labute approximate surface area is 144 Å². The molecule has 2 aromatic rings. The summed E-state index contributed by atoms with van der Waals surface area (Å²) in [6, 6.07) is 3.87. The number of aryl methyl sites for hydroxylation is 1. The highest BCUT2D eigenvalue weighted by Gasteiger charge is 2.19. The van der Waals surface area contributed by atoms with E-state index < -0.39 is 5.82 Å². The van der Waals surface area contributed by atoms with Crippen molar-refractivity contribution < 1.29 is 13.6 Å². The van der Waals surface area contributed by atoms with Crippen molar-refractivity contribution in [1.82, 2.24) is 10.3 Å². The molecule has 7 heteroatoms. The van der Waals surface area contributed by atoms with E-state index in [-0.39, 0.29) is 17.2 Å². The largest absolute Gasteiger partial charge is 0.441 e. The Morgan fingerprint density at radius 2 is 2.25 bits per heavy atom. The van der Waals surface area contributed by atoms with Gasteiger partial charge in [-0.25, -0.2) is 9.37 Å². The minimum atomic E-state index is -0.506. The fourth-order valence-corrected chi connectivity index (χ4v) is 2.36. The first-order chi connectivity index (χ1) is 11.5. The van der Waals surface area contributed by atoms with Gasteiger partial charge in [-0.1, -0.05) is 11.6 Å². The van der Waals surface area contributed by atoms with Crippen molar-refractivity contribution in [1.29, 1.82) is 5.41 Å². The van der Waals surface area contributed by atoms with Crippen LogP contribution in [0.2, 0.25) is 0 Å². The number of benzene rings is 1. The van der Waals surface area contributed by atoms with Crippen molar-refractivity contribution in [2.24, 2.45) is 0 Å². The van der Waals surface area contributed by atoms with Crippen molar-refractivity contribution in [3.63, 3.8) is 0 Å². The number of hydrogen-bond donors (Lipinski definition) is 2. The van der Waals surface area contributed by atoms with Gasteiger partial charge in [-0.2, -0.15) is 0 Å². The maximum atomic E-state index is 13.3. The summed E-state index contributed by atoms with van der Waals surface area (Å²) in [5.74, 6) is 0.272. The minimum Gasteiger partial charge on any atom is -0.441 e. The Bertz CT molecular complexity index is 799. The monoisotopic (exact) mass is 349 g/mol. The Hall–Kier alpha value is -2.47. The number of nitrogens with zero attached hydrogens (tertiary/aromatic N) is 1. The molecule has 1 heterocycles. The highest BCUT2D eigenvalue weighted by Crippen LogP contribution is 2.29. The van der Waals surface area contributed by atoms with E-state index in [1.165, 1.54) is 12.1 Å². The summed E-state index contributed by atoms with van der Waals surface area (Å²) in [7, 11) is 0. The SMILES string of the molecule is CCN/C=C(/Cc1nc(C)oc1-c1ccc(F)cc1C=O)C(=N)Cl. The summed E-state index contributed by atoms with van der Waals surface area (Å²) in [5, 5.41) is 10.5. The Morgan fingerprint density at radius 3 is 2.88 bits per heavy atom. The average molecular weight is 350 g/mol. The van der Waals surface area contributed by atoms with Crippen molar-refractivity contribution >= 4 is 23.1 Å². The highest BCUT2D eigenvalue weighted by molar-refractivity contribution is 6.68. The summed E-state index contributed by atoms with van der Waals surface area (Å²) in [5.41, 5.74) is 1.68. The maximum absolute atomic E-state index is 13.3. The molecule has 0 fully saturated rings. The lowest BCUT2D eigenvalue weighted by atomic mass is 10.0. The maximum Gasteiger partial charge on any atom is 0.192 e. The third kappa shape index (κ3) is 4.08. The van der Waals surface area contributed by atoms with Gasteiger partial charge >= 0.3 is 0 Å². The van der Waals surface area contributed by atoms with E-state index in [1.807, 2.05) is 6.92 Å². The van der Waals surface area contributed by atoms with E-state index in [0.29, 0.717) is 41.3 Å². The van der Waals surface area contributed by atoms with Crippen molar-refractivity contribution in [3.05, 3.63) is 52.9 Å². The van der Waals surface area contributed by atoms with Gasteiger partial charge in [-0.05, 0) is 25.1 Å². The second-order valence-electron chi connectivity index (χ2n) is 5.08. The van der Waals surface area contributed by atoms with Crippen LogP contribution in [0.5, 0.6) is 0 Å². The highest BCUT2D eigenvalue weighted by atomic mass is 35.5. The Kier molecular flexibility index (Phi) is 5.87.